The molecule has 27 heavy (non-hydrogen) atoms. The van der Waals surface area contributed by atoms with Crippen LogP contribution in [0, 0.1) is 0 Å². The van der Waals surface area contributed by atoms with Gasteiger partial charge in [0.05, 0.1) is 18.7 Å². The predicted molar refractivity (Wildman–Crippen MR) is 117 cm³/mol. The summed E-state index contributed by atoms with van der Waals surface area (Å²) in [5, 5.41) is 10.7. The molecule has 7 nitrogen and oxygen atoms in total. The van der Waals surface area contributed by atoms with Crippen molar-refractivity contribution in [2.75, 3.05) is 19.7 Å². The number of nitrogens with one attached hydrogen (secondary N) is 2. The van der Waals surface area contributed by atoms with Crippen molar-refractivity contribution in [1.82, 2.24) is 20.4 Å². The lowest BCUT2D eigenvalue weighted by atomic mass is 10.1. The van der Waals surface area contributed by atoms with Gasteiger partial charge in [0.15, 0.2) is 5.96 Å². The number of nitrogens with zero attached hydrogens (tertiary/aromatic N) is 3. The van der Waals surface area contributed by atoms with E-state index >= 15 is 0 Å². The Kier molecular flexibility index (Phi) is 11.2. The zero-order valence-electron chi connectivity index (χ0n) is 15.9. The maximum atomic E-state index is 11.7. The molecule has 0 spiro atoms. The van der Waals surface area contributed by atoms with E-state index in [9.17, 15) is 4.79 Å². The molecule has 0 bridgehead atoms. The molecule has 8 heteroatoms. The summed E-state index contributed by atoms with van der Waals surface area (Å²) < 4.78 is 6.90. The summed E-state index contributed by atoms with van der Waals surface area (Å²) in [5.74, 6) is 0.483. The number of aliphatic imine (C=N–C) groups is 1. The first-order valence-electron chi connectivity index (χ1n) is 8.98. The Balaban J connectivity index is 0.00000364. The van der Waals surface area contributed by atoms with E-state index in [4.69, 9.17) is 4.74 Å². The summed E-state index contributed by atoms with van der Waals surface area (Å²) in [7, 11) is 0. The van der Waals surface area contributed by atoms with Crippen molar-refractivity contribution >= 4 is 35.9 Å². The molecule has 0 radical (unpaired) electrons. The quantitative estimate of drug-likeness (QED) is 0.188. The van der Waals surface area contributed by atoms with E-state index in [1.165, 1.54) is 0 Å². The minimum Gasteiger partial charge on any atom is -0.462 e. The number of benzene rings is 1. The van der Waals surface area contributed by atoms with Gasteiger partial charge in [0.1, 0.15) is 0 Å². The van der Waals surface area contributed by atoms with E-state index in [0.29, 0.717) is 18.7 Å². The van der Waals surface area contributed by atoms with Crippen molar-refractivity contribution in [3.8, 4) is 0 Å². The number of guanidine groups is 1. The molecule has 2 rings (SSSR count). The number of halogens is 1. The normalized spacial score (nSPS) is 10.8. The minimum absolute atomic E-state index is 0. The van der Waals surface area contributed by atoms with E-state index in [-0.39, 0.29) is 29.9 Å². The Morgan fingerprint density at radius 1 is 1.22 bits per heavy atom. The number of ether oxygens (including phenoxy) is 1. The molecule has 0 aliphatic carbocycles. The largest absolute Gasteiger partial charge is 0.462 e. The molecule has 2 N–H and O–H groups in total. The van der Waals surface area contributed by atoms with E-state index in [0.717, 1.165) is 37.6 Å². The van der Waals surface area contributed by atoms with Gasteiger partial charge in [-0.2, -0.15) is 5.10 Å². The zero-order chi connectivity index (χ0) is 18.6. The fourth-order valence-corrected chi connectivity index (χ4v) is 2.35. The van der Waals surface area contributed by atoms with Gasteiger partial charge in [0.25, 0.3) is 0 Å². The summed E-state index contributed by atoms with van der Waals surface area (Å²) in [5.41, 5.74) is 1.59. The predicted octanol–water partition coefficient (Wildman–Crippen LogP) is 2.82. The average molecular weight is 485 g/mol. The molecule has 0 amide bonds. The number of aryl methyl sites for hydroxylation is 1. The number of rotatable bonds is 9. The van der Waals surface area contributed by atoms with E-state index in [2.05, 4.69) is 20.7 Å². The van der Waals surface area contributed by atoms with Gasteiger partial charge in [0, 0.05) is 32.0 Å². The number of aromatic nitrogens is 2. The van der Waals surface area contributed by atoms with Crippen molar-refractivity contribution in [1.29, 1.82) is 0 Å². The molecule has 0 saturated carbocycles. The van der Waals surface area contributed by atoms with Crippen LogP contribution in [-0.4, -0.2) is 41.4 Å². The Morgan fingerprint density at radius 2 is 2.00 bits per heavy atom. The van der Waals surface area contributed by atoms with Crippen LogP contribution in [0.2, 0.25) is 0 Å². The van der Waals surface area contributed by atoms with Crippen LogP contribution in [0.1, 0.15) is 36.2 Å². The van der Waals surface area contributed by atoms with Crippen LogP contribution in [0.15, 0.2) is 47.7 Å². The fraction of sp³-hybridized carbons (Fsp3) is 0.421. The summed E-state index contributed by atoms with van der Waals surface area (Å²) in [4.78, 5) is 16.2. The van der Waals surface area contributed by atoms with Gasteiger partial charge in [-0.05, 0) is 44.0 Å². The topological polar surface area (TPSA) is 80.5 Å². The molecule has 1 aromatic carbocycles. The highest BCUT2D eigenvalue weighted by Gasteiger charge is 2.05. The van der Waals surface area contributed by atoms with Gasteiger partial charge in [-0.3, -0.25) is 4.68 Å². The lowest BCUT2D eigenvalue weighted by molar-refractivity contribution is 0.0526. The molecule has 148 valence electrons. The van der Waals surface area contributed by atoms with Crippen LogP contribution in [0.5, 0.6) is 0 Å². The van der Waals surface area contributed by atoms with Crippen molar-refractivity contribution < 1.29 is 9.53 Å². The molecule has 0 atom stereocenters. The molecular formula is C19H28IN5O2. The van der Waals surface area contributed by atoms with Crippen LogP contribution in [0.3, 0.4) is 0 Å². The number of esters is 1. The molecule has 2 aromatic rings. The van der Waals surface area contributed by atoms with Gasteiger partial charge in [-0.1, -0.05) is 12.1 Å². The van der Waals surface area contributed by atoms with Crippen molar-refractivity contribution in [3.05, 3.63) is 53.9 Å². The smallest absolute Gasteiger partial charge is 0.338 e. The molecule has 0 aliphatic heterocycles. The lowest BCUT2D eigenvalue weighted by Gasteiger charge is -2.11. The maximum Gasteiger partial charge on any atom is 0.338 e. The van der Waals surface area contributed by atoms with Crippen molar-refractivity contribution in [2.45, 2.75) is 33.4 Å². The van der Waals surface area contributed by atoms with Gasteiger partial charge in [-0.15, -0.1) is 24.0 Å². The third kappa shape index (κ3) is 8.42. The molecule has 0 fully saturated rings. The number of carbonyl (C=O) groups is 1. The highest BCUT2D eigenvalue weighted by atomic mass is 127. The standard InChI is InChI=1S/C19H27N5O2.HI/c1-3-20-19(21-11-5-13-24-14-6-12-23-24)22-15-16-7-9-17(10-8-16)18(25)26-4-2;/h6-10,12,14H,3-5,11,13,15H2,1-2H3,(H2,20,21,22);1H. The summed E-state index contributed by atoms with van der Waals surface area (Å²) in [6.07, 6.45) is 4.70. The number of hydrogen-bond acceptors (Lipinski definition) is 4. The van der Waals surface area contributed by atoms with Crippen LogP contribution in [0.4, 0.5) is 0 Å². The highest BCUT2D eigenvalue weighted by Crippen LogP contribution is 2.07. The average Bonchev–Trinajstić information content (AvgIpc) is 3.17. The van der Waals surface area contributed by atoms with Gasteiger partial charge in [-0.25, -0.2) is 9.79 Å². The van der Waals surface area contributed by atoms with Crippen molar-refractivity contribution in [2.24, 2.45) is 4.99 Å². The molecule has 1 aromatic heterocycles. The van der Waals surface area contributed by atoms with Crippen molar-refractivity contribution in [3.63, 3.8) is 0 Å². The van der Waals surface area contributed by atoms with E-state index in [1.54, 1.807) is 25.3 Å². The first kappa shape index (κ1) is 22.9. The molecule has 1 heterocycles. The van der Waals surface area contributed by atoms with Crippen LogP contribution in [0.25, 0.3) is 0 Å². The SMILES string of the molecule is CCNC(=NCc1ccc(C(=O)OCC)cc1)NCCCn1cccn1.I. The van der Waals surface area contributed by atoms with Crippen LogP contribution >= 0.6 is 24.0 Å². The Hall–Kier alpha value is -2.10. The summed E-state index contributed by atoms with van der Waals surface area (Å²) in [6.45, 7) is 7.23. The second-order valence-electron chi connectivity index (χ2n) is 5.66. The number of hydrogen-bond donors (Lipinski definition) is 2. The van der Waals surface area contributed by atoms with Crippen LogP contribution in [-0.2, 0) is 17.8 Å². The first-order valence-corrected chi connectivity index (χ1v) is 8.98. The van der Waals surface area contributed by atoms with E-state index < -0.39 is 0 Å². The minimum atomic E-state index is -0.297. The summed E-state index contributed by atoms with van der Waals surface area (Å²) in [6, 6.07) is 9.26. The maximum absolute atomic E-state index is 11.7. The Bertz CT molecular complexity index is 687. The Labute approximate surface area is 177 Å². The zero-order valence-corrected chi connectivity index (χ0v) is 18.2. The third-order valence-corrected chi connectivity index (χ3v) is 3.64. The molecule has 0 unspecified atom stereocenters. The second kappa shape index (κ2) is 13.1. The monoisotopic (exact) mass is 485 g/mol. The Morgan fingerprint density at radius 3 is 2.63 bits per heavy atom. The first-order chi connectivity index (χ1) is 12.7. The van der Waals surface area contributed by atoms with Gasteiger partial charge >= 0.3 is 5.97 Å². The van der Waals surface area contributed by atoms with E-state index in [1.807, 2.05) is 36.0 Å². The molecule has 0 aliphatic rings. The fourth-order valence-electron chi connectivity index (χ4n) is 2.35. The molecular weight excluding hydrogens is 457 g/mol. The van der Waals surface area contributed by atoms with Gasteiger partial charge in [0.2, 0.25) is 0 Å². The third-order valence-electron chi connectivity index (χ3n) is 3.64. The van der Waals surface area contributed by atoms with Crippen LogP contribution < -0.4 is 10.6 Å². The number of carbonyl (C=O) groups excluding carboxylic acids is 1. The van der Waals surface area contributed by atoms with Gasteiger partial charge < -0.3 is 15.4 Å². The highest BCUT2D eigenvalue weighted by molar-refractivity contribution is 14.0. The second-order valence-corrected chi connectivity index (χ2v) is 5.66. The molecule has 0 saturated heterocycles. The lowest BCUT2D eigenvalue weighted by Crippen LogP contribution is -2.38. The summed E-state index contributed by atoms with van der Waals surface area (Å²) >= 11 is 0.